The van der Waals surface area contributed by atoms with E-state index in [1.54, 1.807) is 0 Å². The Bertz CT molecular complexity index is 279. The first-order valence-electron chi connectivity index (χ1n) is 5.82. The van der Waals surface area contributed by atoms with Crippen LogP contribution >= 0.6 is 0 Å². The molecule has 0 heterocycles. The van der Waals surface area contributed by atoms with E-state index in [2.05, 4.69) is 6.92 Å². The average molecular weight is 233 g/mol. The molecule has 1 fully saturated rings. The van der Waals surface area contributed by atoms with Crippen molar-refractivity contribution in [3.63, 3.8) is 0 Å². The van der Waals surface area contributed by atoms with Gasteiger partial charge in [-0.1, -0.05) is 19.8 Å². The Morgan fingerprint density at radius 3 is 2.27 bits per heavy atom. The van der Waals surface area contributed by atoms with Crippen molar-refractivity contribution >= 4 is 9.84 Å². The zero-order valence-corrected chi connectivity index (χ0v) is 10.6. The molecule has 1 saturated carbocycles. The minimum atomic E-state index is -2.85. The standard InChI is InChI=1S/C11H23NO2S/c1-9-3-5-10(6-4-9)11(12)7-8-15(2,13)14/h9-11H,3-8,12H2,1-2H3. The number of sulfone groups is 1. The van der Waals surface area contributed by atoms with Crippen LogP contribution in [0, 0.1) is 11.8 Å². The third kappa shape index (κ3) is 4.98. The number of rotatable bonds is 4. The van der Waals surface area contributed by atoms with Gasteiger partial charge in [-0.25, -0.2) is 8.42 Å². The van der Waals surface area contributed by atoms with Crippen LogP contribution in [0.4, 0.5) is 0 Å². The highest BCUT2D eigenvalue weighted by Gasteiger charge is 2.24. The fourth-order valence-electron chi connectivity index (χ4n) is 2.30. The predicted octanol–water partition coefficient (Wildman–Crippen LogP) is 1.57. The Labute approximate surface area is 93.3 Å². The van der Waals surface area contributed by atoms with Crippen molar-refractivity contribution in [1.82, 2.24) is 0 Å². The van der Waals surface area contributed by atoms with E-state index in [0.29, 0.717) is 12.3 Å². The molecule has 0 aromatic heterocycles. The van der Waals surface area contributed by atoms with Crippen molar-refractivity contribution in [2.24, 2.45) is 17.6 Å². The van der Waals surface area contributed by atoms with Gasteiger partial charge in [-0.15, -0.1) is 0 Å². The lowest BCUT2D eigenvalue weighted by atomic mass is 9.79. The smallest absolute Gasteiger partial charge is 0.147 e. The van der Waals surface area contributed by atoms with Gasteiger partial charge >= 0.3 is 0 Å². The molecular formula is C11H23NO2S. The lowest BCUT2D eigenvalue weighted by molar-refractivity contribution is 0.251. The third-order valence-corrected chi connectivity index (χ3v) is 4.47. The molecule has 2 N–H and O–H groups in total. The lowest BCUT2D eigenvalue weighted by Crippen LogP contribution is -2.34. The van der Waals surface area contributed by atoms with Crippen LogP contribution in [0.15, 0.2) is 0 Å². The molecule has 3 nitrogen and oxygen atoms in total. The van der Waals surface area contributed by atoms with E-state index in [0.717, 1.165) is 5.92 Å². The van der Waals surface area contributed by atoms with Gasteiger partial charge in [0, 0.05) is 12.3 Å². The monoisotopic (exact) mass is 233 g/mol. The summed E-state index contributed by atoms with van der Waals surface area (Å²) >= 11 is 0. The summed E-state index contributed by atoms with van der Waals surface area (Å²) in [5.41, 5.74) is 6.04. The van der Waals surface area contributed by atoms with Crippen LogP contribution in [0.1, 0.15) is 39.0 Å². The highest BCUT2D eigenvalue weighted by molar-refractivity contribution is 7.90. The molecule has 1 atom stereocenters. The van der Waals surface area contributed by atoms with Crippen LogP contribution in [-0.2, 0) is 9.84 Å². The summed E-state index contributed by atoms with van der Waals surface area (Å²) in [5, 5.41) is 0. The number of nitrogens with two attached hydrogens (primary N) is 1. The minimum absolute atomic E-state index is 0.0761. The maximum absolute atomic E-state index is 11.0. The molecule has 0 saturated heterocycles. The molecule has 90 valence electrons. The van der Waals surface area contributed by atoms with Crippen molar-refractivity contribution in [3.8, 4) is 0 Å². The molecule has 0 aliphatic heterocycles. The molecule has 0 spiro atoms. The van der Waals surface area contributed by atoms with Gasteiger partial charge in [0.2, 0.25) is 0 Å². The topological polar surface area (TPSA) is 60.2 Å². The Morgan fingerprint density at radius 1 is 1.27 bits per heavy atom. The van der Waals surface area contributed by atoms with Crippen molar-refractivity contribution in [2.75, 3.05) is 12.0 Å². The van der Waals surface area contributed by atoms with Crippen LogP contribution in [0.3, 0.4) is 0 Å². The van der Waals surface area contributed by atoms with Gasteiger partial charge in [-0.2, -0.15) is 0 Å². The summed E-state index contributed by atoms with van der Waals surface area (Å²) in [6, 6.07) is 0.0761. The van der Waals surface area contributed by atoms with Gasteiger partial charge in [0.15, 0.2) is 0 Å². The summed E-state index contributed by atoms with van der Waals surface area (Å²) in [5.74, 6) is 1.60. The Morgan fingerprint density at radius 2 is 1.80 bits per heavy atom. The van der Waals surface area contributed by atoms with Gasteiger partial charge in [0.25, 0.3) is 0 Å². The first-order chi connectivity index (χ1) is 6.88. The first kappa shape index (κ1) is 13.0. The largest absolute Gasteiger partial charge is 0.327 e. The molecular weight excluding hydrogens is 210 g/mol. The zero-order valence-electron chi connectivity index (χ0n) is 9.78. The molecule has 0 aromatic carbocycles. The second-order valence-electron chi connectivity index (χ2n) is 5.10. The Hall–Kier alpha value is -0.0900. The Balaban J connectivity index is 2.31. The molecule has 1 aliphatic rings. The fourth-order valence-corrected chi connectivity index (χ4v) is 3.00. The SMILES string of the molecule is CC1CCC(C(N)CCS(C)(=O)=O)CC1. The van der Waals surface area contributed by atoms with Crippen molar-refractivity contribution in [1.29, 1.82) is 0 Å². The summed E-state index contributed by atoms with van der Waals surface area (Å²) in [6.07, 6.45) is 6.74. The van der Waals surface area contributed by atoms with Crippen LogP contribution < -0.4 is 5.73 Å². The van der Waals surface area contributed by atoms with E-state index in [1.807, 2.05) is 0 Å². The molecule has 0 amide bonds. The number of hydrogen-bond donors (Lipinski definition) is 1. The van der Waals surface area contributed by atoms with Crippen LogP contribution in [0.5, 0.6) is 0 Å². The van der Waals surface area contributed by atoms with E-state index in [1.165, 1.54) is 31.9 Å². The van der Waals surface area contributed by atoms with Crippen molar-refractivity contribution in [3.05, 3.63) is 0 Å². The van der Waals surface area contributed by atoms with Crippen LogP contribution in [0.25, 0.3) is 0 Å². The van der Waals surface area contributed by atoms with E-state index in [-0.39, 0.29) is 11.8 Å². The normalized spacial score (nSPS) is 30.1. The highest BCUT2D eigenvalue weighted by Crippen LogP contribution is 2.30. The van der Waals surface area contributed by atoms with E-state index in [4.69, 9.17) is 5.73 Å². The Kier molecular flexibility index (Phi) is 4.59. The first-order valence-corrected chi connectivity index (χ1v) is 7.88. The molecule has 0 radical (unpaired) electrons. The summed E-state index contributed by atoms with van der Waals surface area (Å²) in [6.45, 7) is 2.28. The average Bonchev–Trinajstić information content (AvgIpc) is 2.14. The van der Waals surface area contributed by atoms with E-state index < -0.39 is 9.84 Å². The van der Waals surface area contributed by atoms with Gasteiger partial charge < -0.3 is 5.73 Å². The van der Waals surface area contributed by atoms with Gasteiger partial charge in [0.1, 0.15) is 9.84 Å². The quantitative estimate of drug-likeness (QED) is 0.802. The number of hydrogen-bond acceptors (Lipinski definition) is 3. The molecule has 1 rings (SSSR count). The third-order valence-electron chi connectivity index (χ3n) is 3.49. The van der Waals surface area contributed by atoms with E-state index in [9.17, 15) is 8.42 Å². The summed E-state index contributed by atoms with van der Waals surface area (Å²) < 4.78 is 22.0. The maximum Gasteiger partial charge on any atom is 0.147 e. The van der Waals surface area contributed by atoms with Gasteiger partial charge in [-0.3, -0.25) is 0 Å². The minimum Gasteiger partial charge on any atom is -0.327 e. The highest BCUT2D eigenvalue weighted by atomic mass is 32.2. The maximum atomic E-state index is 11.0. The summed E-state index contributed by atoms with van der Waals surface area (Å²) in [4.78, 5) is 0. The van der Waals surface area contributed by atoms with Crippen LogP contribution in [-0.4, -0.2) is 26.5 Å². The van der Waals surface area contributed by atoms with Crippen molar-refractivity contribution in [2.45, 2.75) is 45.1 Å². The molecule has 15 heavy (non-hydrogen) atoms. The molecule has 0 aromatic rings. The van der Waals surface area contributed by atoms with Crippen LogP contribution in [0.2, 0.25) is 0 Å². The summed E-state index contributed by atoms with van der Waals surface area (Å²) in [7, 11) is -2.85. The van der Waals surface area contributed by atoms with Crippen molar-refractivity contribution < 1.29 is 8.42 Å². The zero-order chi connectivity index (χ0) is 11.5. The predicted molar refractivity (Wildman–Crippen MR) is 63.4 cm³/mol. The van der Waals surface area contributed by atoms with Gasteiger partial charge in [-0.05, 0) is 31.1 Å². The second-order valence-corrected chi connectivity index (χ2v) is 7.36. The van der Waals surface area contributed by atoms with Gasteiger partial charge in [0.05, 0.1) is 5.75 Å². The molecule has 1 aliphatic carbocycles. The molecule has 0 bridgehead atoms. The second kappa shape index (κ2) is 5.30. The molecule has 1 unspecified atom stereocenters. The van der Waals surface area contributed by atoms with E-state index >= 15 is 0 Å². The molecule has 4 heteroatoms. The lowest BCUT2D eigenvalue weighted by Gasteiger charge is -2.30. The fraction of sp³-hybridized carbons (Fsp3) is 1.00.